The van der Waals surface area contributed by atoms with Crippen LogP contribution < -0.4 is 9.47 Å². The van der Waals surface area contributed by atoms with E-state index in [1.807, 2.05) is 56.5 Å². The van der Waals surface area contributed by atoms with Gasteiger partial charge in [0.05, 0.1) is 7.11 Å². The maximum Gasteiger partial charge on any atom is 0.161 e. The Balaban J connectivity index is 1.88. The van der Waals surface area contributed by atoms with E-state index >= 15 is 0 Å². The van der Waals surface area contributed by atoms with Gasteiger partial charge in [0.15, 0.2) is 11.5 Å². The lowest BCUT2D eigenvalue weighted by Gasteiger charge is -2.22. The number of allylic oxidation sites excluding steroid dienone is 1. The molecule has 0 saturated carbocycles. The molecule has 0 amide bonds. The average Bonchev–Trinajstić information content (AvgIpc) is 2.62. The summed E-state index contributed by atoms with van der Waals surface area (Å²) in [7, 11) is 3.62. The lowest BCUT2D eigenvalue weighted by Crippen LogP contribution is -2.33. The number of methoxy groups -OCH3 is 1. The van der Waals surface area contributed by atoms with Gasteiger partial charge in [-0.2, -0.15) is 0 Å². The fourth-order valence-corrected chi connectivity index (χ4v) is 2.84. The smallest absolute Gasteiger partial charge is 0.161 e. The second kappa shape index (κ2) is 10.00. The van der Waals surface area contributed by atoms with Crippen LogP contribution in [-0.2, 0) is 6.54 Å². The first-order chi connectivity index (χ1) is 12.5. The third-order valence-corrected chi connectivity index (χ3v) is 4.20. The van der Waals surface area contributed by atoms with E-state index in [9.17, 15) is 5.11 Å². The molecule has 140 valence electrons. The number of aliphatic hydroxyl groups is 1. The lowest BCUT2D eigenvalue weighted by molar-refractivity contribution is 0.0732. The third-order valence-electron chi connectivity index (χ3n) is 4.20. The number of aryl methyl sites for hydroxylation is 1. The second-order valence-corrected chi connectivity index (χ2v) is 6.50. The zero-order chi connectivity index (χ0) is 18.9. The van der Waals surface area contributed by atoms with Gasteiger partial charge in [-0.15, -0.1) is 0 Å². The number of aliphatic hydroxyl groups excluding tert-OH is 1. The molecule has 2 aromatic rings. The quantitative estimate of drug-likeness (QED) is 0.740. The minimum atomic E-state index is -0.580. The van der Waals surface area contributed by atoms with Crippen molar-refractivity contribution in [1.29, 1.82) is 0 Å². The van der Waals surface area contributed by atoms with E-state index in [4.69, 9.17) is 9.47 Å². The van der Waals surface area contributed by atoms with Crippen LogP contribution in [0.4, 0.5) is 0 Å². The van der Waals surface area contributed by atoms with Crippen molar-refractivity contribution < 1.29 is 14.6 Å². The van der Waals surface area contributed by atoms with Crippen LogP contribution in [0.15, 0.2) is 48.5 Å². The number of ether oxygens (including phenoxy) is 2. The maximum absolute atomic E-state index is 10.3. The van der Waals surface area contributed by atoms with Gasteiger partial charge in [-0.1, -0.05) is 42.5 Å². The summed E-state index contributed by atoms with van der Waals surface area (Å²) in [6, 6.07) is 14.1. The molecule has 0 fully saturated rings. The second-order valence-electron chi connectivity index (χ2n) is 6.50. The van der Waals surface area contributed by atoms with E-state index in [1.54, 1.807) is 7.11 Å². The molecule has 0 aliphatic rings. The molecule has 0 saturated heterocycles. The molecule has 1 unspecified atom stereocenters. The Labute approximate surface area is 156 Å². The number of benzene rings is 2. The molecule has 0 aromatic heterocycles. The number of likely N-dealkylation sites (N-methyl/N-ethyl adjacent to an activating group) is 1. The van der Waals surface area contributed by atoms with Gasteiger partial charge >= 0.3 is 0 Å². The summed E-state index contributed by atoms with van der Waals surface area (Å²) in [6.07, 6.45) is 3.40. The molecule has 4 heteroatoms. The van der Waals surface area contributed by atoms with Crippen molar-refractivity contribution in [2.45, 2.75) is 26.5 Å². The zero-order valence-electron chi connectivity index (χ0n) is 16.1. The molecule has 0 spiro atoms. The molecule has 1 atom stereocenters. The number of nitrogens with zero attached hydrogens (tertiary/aromatic N) is 1. The van der Waals surface area contributed by atoms with E-state index in [-0.39, 0.29) is 6.61 Å². The minimum Gasteiger partial charge on any atom is -0.493 e. The van der Waals surface area contributed by atoms with Crippen LogP contribution in [-0.4, -0.2) is 43.4 Å². The molecule has 0 radical (unpaired) electrons. The lowest BCUT2D eigenvalue weighted by atomic mass is 10.1. The topological polar surface area (TPSA) is 41.9 Å². The highest BCUT2D eigenvalue weighted by atomic mass is 16.5. The van der Waals surface area contributed by atoms with Crippen LogP contribution in [0.2, 0.25) is 0 Å². The first-order valence-electron chi connectivity index (χ1n) is 8.88. The van der Waals surface area contributed by atoms with Crippen LogP contribution in [0.25, 0.3) is 6.08 Å². The van der Waals surface area contributed by atoms with Crippen molar-refractivity contribution in [3.8, 4) is 11.5 Å². The predicted octanol–water partition coefficient (Wildman–Crippen LogP) is 3.91. The fourth-order valence-electron chi connectivity index (χ4n) is 2.84. The predicted molar refractivity (Wildman–Crippen MR) is 107 cm³/mol. The van der Waals surface area contributed by atoms with Gasteiger partial charge in [0.25, 0.3) is 0 Å². The number of hydrogen-bond acceptors (Lipinski definition) is 4. The van der Waals surface area contributed by atoms with Gasteiger partial charge < -0.3 is 14.6 Å². The van der Waals surface area contributed by atoms with E-state index in [2.05, 4.69) is 24.0 Å². The Morgan fingerprint density at radius 2 is 1.92 bits per heavy atom. The molecule has 0 aliphatic carbocycles. The Morgan fingerprint density at radius 1 is 1.15 bits per heavy atom. The Kier molecular flexibility index (Phi) is 7.70. The Morgan fingerprint density at radius 3 is 2.62 bits per heavy atom. The number of hydrogen-bond donors (Lipinski definition) is 1. The molecule has 2 rings (SSSR count). The van der Waals surface area contributed by atoms with E-state index in [0.717, 1.165) is 12.1 Å². The first kappa shape index (κ1) is 20.0. The van der Waals surface area contributed by atoms with Crippen molar-refractivity contribution in [1.82, 2.24) is 4.90 Å². The highest BCUT2D eigenvalue weighted by molar-refractivity contribution is 5.55. The highest BCUT2D eigenvalue weighted by Crippen LogP contribution is 2.28. The first-order valence-corrected chi connectivity index (χ1v) is 8.88. The molecule has 0 aliphatic heterocycles. The van der Waals surface area contributed by atoms with Gasteiger partial charge in [-0.25, -0.2) is 0 Å². The standard InChI is InChI=1S/C22H29NO3/c1-5-8-18-11-12-21(22(13-18)25-4)26-16-20(24)15-23(3)14-19-10-7-6-9-17(19)2/h5-13,20,24H,14-16H2,1-4H3/b8-5+. The highest BCUT2D eigenvalue weighted by Gasteiger charge is 2.12. The van der Waals surface area contributed by atoms with Crippen molar-refractivity contribution in [2.75, 3.05) is 27.3 Å². The summed E-state index contributed by atoms with van der Waals surface area (Å²) < 4.78 is 11.2. The maximum atomic E-state index is 10.3. The van der Waals surface area contributed by atoms with Gasteiger partial charge in [-0.3, -0.25) is 4.90 Å². The van der Waals surface area contributed by atoms with Gasteiger partial charge in [-0.05, 0) is 49.7 Å². The molecule has 2 aromatic carbocycles. The third kappa shape index (κ3) is 5.90. The summed E-state index contributed by atoms with van der Waals surface area (Å²) in [6.45, 7) is 5.63. The number of rotatable bonds is 9. The molecule has 1 N–H and O–H groups in total. The van der Waals surface area contributed by atoms with Crippen molar-refractivity contribution >= 4 is 6.08 Å². The van der Waals surface area contributed by atoms with E-state index in [0.29, 0.717) is 18.0 Å². The summed E-state index contributed by atoms with van der Waals surface area (Å²) in [4.78, 5) is 2.10. The largest absolute Gasteiger partial charge is 0.493 e. The SMILES string of the molecule is C/C=C/c1ccc(OCC(O)CN(C)Cc2ccccc2C)c(OC)c1. The van der Waals surface area contributed by atoms with Crippen LogP contribution in [0.5, 0.6) is 11.5 Å². The van der Waals surface area contributed by atoms with Crippen molar-refractivity contribution in [2.24, 2.45) is 0 Å². The van der Waals surface area contributed by atoms with Gasteiger partial charge in [0.2, 0.25) is 0 Å². The summed E-state index contributed by atoms with van der Waals surface area (Å²) in [5.74, 6) is 1.31. The van der Waals surface area contributed by atoms with Gasteiger partial charge in [0.1, 0.15) is 12.7 Å². The molecule has 0 bridgehead atoms. The Hall–Kier alpha value is -2.30. The van der Waals surface area contributed by atoms with Crippen molar-refractivity contribution in [3.05, 3.63) is 65.2 Å². The minimum absolute atomic E-state index is 0.220. The van der Waals surface area contributed by atoms with E-state index < -0.39 is 6.10 Å². The zero-order valence-corrected chi connectivity index (χ0v) is 16.1. The molecule has 0 heterocycles. The average molecular weight is 355 g/mol. The van der Waals surface area contributed by atoms with Gasteiger partial charge in [0, 0.05) is 13.1 Å². The van der Waals surface area contributed by atoms with E-state index in [1.165, 1.54) is 11.1 Å². The van der Waals surface area contributed by atoms with Crippen LogP contribution in [0.3, 0.4) is 0 Å². The summed E-state index contributed by atoms with van der Waals surface area (Å²) in [5, 5.41) is 10.3. The molecular weight excluding hydrogens is 326 g/mol. The molecule has 4 nitrogen and oxygen atoms in total. The summed E-state index contributed by atoms with van der Waals surface area (Å²) in [5.41, 5.74) is 3.58. The van der Waals surface area contributed by atoms with Crippen LogP contribution >= 0.6 is 0 Å². The van der Waals surface area contributed by atoms with Crippen molar-refractivity contribution in [3.63, 3.8) is 0 Å². The Bertz CT molecular complexity index is 727. The summed E-state index contributed by atoms with van der Waals surface area (Å²) >= 11 is 0. The fraction of sp³-hybridized carbons (Fsp3) is 0.364. The van der Waals surface area contributed by atoms with Crippen LogP contribution in [0.1, 0.15) is 23.6 Å². The van der Waals surface area contributed by atoms with Crippen LogP contribution in [0, 0.1) is 6.92 Å². The molecule has 26 heavy (non-hydrogen) atoms. The monoisotopic (exact) mass is 355 g/mol. The normalized spacial score (nSPS) is 12.5. The molecular formula is C22H29NO3.